The Hall–Kier alpha value is -1.55. The number of benzene rings is 1. The smallest absolute Gasteiger partial charge is 0.251 e. The van der Waals surface area contributed by atoms with Crippen LogP contribution in [0.2, 0.25) is 0 Å². The van der Waals surface area contributed by atoms with E-state index in [1.54, 1.807) is 12.1 Å². The van der Waals surface area contributed by atoms with E-state index in [0.29, 0.717) is 18.7 Å². The molecule has 0 saturated heterocycles. The third-order valence-corrected chi connectivity index (χ3v) is 4.00. The zero-order chi connectivity index (χ0) is 15.1. The molecule has 0 aliphatic heterocycles. The second-order valence-corrected chi connectivity index (χ2v) is 5.84. The first-order chi connectivity index (χ1) is 10.1. The zero-order valence-corrected chi connectivity index (χ0v) is 12.7. The summed E-state index contributed by atoms with van der Waals surface area (Å²) < 4.78 is 5.57. The molecule has 2 rings (SSSR count). The molecule has 0 spiro atoms. The lowest BCUT2D eigenvalue weighted by Crippen LogP contribution is -2.40. The van der Waals surface area contributed by atoms with E-state index < -0.39 is 5.60 Å². The third-order valence-electron chi connectivity index (χ3n) is 4.00. The highest BCUT2D eigenvalue weighted by molar-refractivity contribution is 5.94. The van der Waals surface area contributed by atoms with E-state index in [1.807, 2.05) is 12.1 Å². The van der Waals surface area contributed by atoms with Crippen LogP contribution in [0, 0.1) is 0 Å². The standard InChI is InChI=1S/C17H25NO3/c1-2-3-12-21-15-8-6-14(7-9-15)16(19)18-13-17(20)10-4-5-11-17/h6-9,20H,2-5,10-13H2,1H3,(H,18,19). The fraction of sp³-hybridized carbons (Fsp3) is 0.588. The van der Waals surface area contributed by atoms with Crippen molar-refractivity contribution in [1.29, 1.82) is 0 Å². The van der Waals surface area contributed by atoms with Gasteiger partial charge >= 0.3 is 0 Å². The summed E-state index contributed by atoms with van der Waals surface area (Å²) in [7, 11) is 0. The van der Waals surface area contributed by atoms with Crippen LogP contribution in [0.1, 0.15) is 55.8 Å². The number of unbranched alkanes of at least 4 members (excludes halogenated alkanes) is 1. The largest absolute Gasteiger partial charge is 0.494 e. The van der Waals surface area contributed by atoms with Crippen molar-refractivity contribution in [3.05, 3.63) is 29.8 Å². The van der Waals surface area contributed by atoms with E-state index in [1.165, 1.54) is 0 Å². The number of nitrogens with one attached hydrogen (secondary N) is 1. The Balaban J connectivity index is 1.82. The van der Waals surface area contributed by atoms with E-state index in [9.17, 15) is 9.90 Å². The quantitative estimate of drug-likeness (QED) is 0.759. The SMILES string of the molecule is CCCCOc1ccc(C(=O)NCC2(O)CCCC2)cc1. The van der Waals surface area contributed by atoms with E-state index >= 15 is 0 Å². The molecule has 1 fully saturated rings. The number of amides is 1. The topological polar surface area (TPSA) is 58.6 Å². The highest BCUT2D eigenvalue weighted by atomic mass is 16.5. The van der Waals surface area contributed by atoms with Gasteiger partial charge in [0.1, 0.15) is 5.75 Å². The predicted molar refractivity (Wildman–Crippen MR) is 82.6 cm³/mol. The highest BCUT2D eigenvalue weighted by Crippen LogP contribution is 2.28. The van der Waals surface area contributed by atoms with Gasteiger partial charge in [0, 0.05) is 12.1 Å². The Morgan fingerprint density at radius 2 is 1.95 bits per heavy atom. The van der Waals surface area contributed by atoms with Gasteiger partial charge in [0.15, 0.2) is 0 Å². The molecule has 1 aliphatic rings. The Morgan fingerprint density at radius 1 is 1.29 bits per heavy atom. The lowest BCUT2D eigenvalue weighted by atomic mass is 10.0. The normalized spacial score (nSPS) is 16.7. The molecule has 1 aromatic carbocycles. The molecule has 116 valence electrons. The van der Waals surface area contributed by atoms with Gasteiger partial charge in [-0.25, -0.2) is 0 Å². The van der Waals surface area contributed by atoms with Crippen molar-refractivity contribution in [3.63, 3.8) is 0 Å². The van der Waals surface area contributed by atoms with Crippen molar-refractivity contribution in [3.8, 4) is 5.75 Å². The molecule has 4 heteroatoms. The van der Waals surface area contributed by atoms with E-state index in [0.717, 1.165) is 44.3 Å². The fourth-order valence-electron chi connectivity index (χ4n) is 2.59. The van der Waals surface area contributed by atoms with Crippen LogP contribution in [0.4, 0.5) is 0 Å². The summed E-state index contributed by atoms with van der Waals surface area (Å²) in [5.74, 6) is 0.643. The number of rotatable bonds is 7. The van der Waals surface area contributed by atoms with Gasteiger partial charge in [-0.1, -0.05) is 26.2 Å². The molecule has 0 atom stereocenters. The molecule has 4 nitrogen and oxygen atoms in total. The minimum Gasteiger partial charge on any atom is -0.494 e. The molecule has 1 saturated carbocycles. The van der Waals surface area contributed by atoms with Gasteiger partial charge in [0.2, 0.25) is 0 Å². The Labute approximate surface area is 126 Å². The van der Waals surface area contributed by atoms with E-state index in [2.05, 4.69) is 12.2 Å². The van der Waals surface area contributed by atoms with Gasteiger partial charge in [0.25, 0.3) is 5.91 Å². The fourth-order valence-corrected chi connectivity index (χ4v) is 2.59. The van der Waals surface area contributed by atoms with Crippen LogP contribution in [0.3, 0.4) is 0 Å². The average Bonchev–Trinajstić information content (AvgIpc) is 2.93. The van der Waals surface area contributed by atoms with Gasteiger partial charge < -0.3 is 15.2 Å². The predicted octanol–water partition coefficient (Wildman–Crippen LogP) is 2.90. The summed E-state index contributed by atoms with van der Waals surface area (Å²) in [6, 6.07) is 7.15. The minimum absolute atomic E-state index is 0.143. The van der Waals surface area contributed by atoms with Gasteiger partial charge in [-0.3, -0.25) is 4.79 Å². The van der Waals surface area contributed by atoms with Crippen molar-refractivity contribution < 1.29 is 14.6 Å². The maximum atomic E-state index is 12.1. The van der Waals surface area contributed by atoms with Crippen molar-refractivity contribution in [2.75, 3.05) is 13.2 Å². The molecule has 0 bridgehead atoms. The van der Waals surface area contributed by atoms with Gasteiger partial charge in [-0.15, -0.1) is 0 Å². The molecule has 2 N–H and O–H groups in total. The zero-order valence-electron chi connectivity index (χ0n) is 12.7. The highest BCUT2D eigenvalue weighted by Gasteiger charge is 2.31. The maximum absolute atomic E-state index is 12.1. The second-order valence-electron chi connectivity index (χ2n) is 5.84. The van der Waals surface area contributed by atoms with Crippen LogP contribution < -0.4 is 10.1 Å². The van der Waals surface area contributed by atoms with Gasteiger partial charge in [0.05, 0.1) is 12.2 Å². The summed E-state index contributed by atoms with van der Waals surface area (Å²) in [5.41, 5.74) is -0.113. The number of carbonyl (C=O) groups excluding carboxylic acids is 1. The number of carbonyl (C=O) groups is 1. The van der Waals surface area contributed by atoms with Crippen molar-refractivity contribution >= 4 is 5.91 Å². The van der Waals surface area contributed by atoms with Crippen molar-refractivity contribution in [1.82, 2.24) is 5.32 Å². The Morgan fingerprint density at radius 3 is 2.57 bits per heavy atom. The van der Waals surface area contributed by atoms with E-state index in [4.69, 9.17) is 4.74 Å². The molecule has 0 heterocycles. The number of aliphatic hydroxyl groups is 1. The van der Waals surface area contributed by atoms with Gasteiger partial charge in [-0.2, -0.15) is 0 Å². The molecule has 1 aromatic rings. The average molecular weight is 291 g/mol. The van der Waals surface area contributed by atoms with Crippen LogP contribution in [-0.4, -0.2) is 29.8 Å². The monoisotopic (exact) mass is 291 g/mol. The lowest BCUT2D eigenvalue weighted by Gasteiger charge is -2.22. The molecule has 1 aliphatic carbocycles. The van der Waals surface area contributed by atoms with Crippen molar-refractivity contribution in [2.45, 2.75) is 51.0 Å². The van der Waals surface area contributed by atoms with Crippen LogP contribution >= 0.6 is 0 Å². The van der Waals surface area contributed by atoms with Crippen LogP contribution in [0.25, 0.3) is 0 Å². The first kappa shape index (κ1) is 15.8. The summed E-state index contributed by atoms with van der Waals surface area (Å²) in [6.45, 7) is 3.16. The summed E-state index contributed by atoms with van der Waals surface area (Å²) in [6.07, 6.45) is 5.76. The maximum Gasteiger partial charge on any atom is 0.251 e. The van der Waals surface area contributed by atoms with Crippen LogP contribution in [0.15, 0.2) is 24.3 Å². The third kappa shape index (κ3) is 4.74. The van der Waals surface area contributed by atoms with Gasteiger partial charge in [-0.05, 0) is 43.5 Å². The Bertz CT molecular complexity index is 450. The van der Waals surface area contributed by atoms with Crippen molar-refractivity contribution in [2.24, 2.45) is 0 Å². The molecule has 1 amide bonds. The molecule has 21 heavy (non-hydrogen) atoms. The molecular formula is C17H25NO3. The summed E-state index contributed by atoms with van der Waals surface area (Å²) in [4.78, 5) is 12.1. The number of ether oxygens (including phenoxy) is 1. The molecular weight excluding hydrogens is 266 g/mol. The first-order valence-corrected chi connectivity index (χ1v) is 7.86. The van der Waals surface area contributed by atoms with E-state index in [-0.39, 0.29) is 5.91 Å². The van der Waals surface area contributed by atoms with Crippen LogP contribution in [-0.2, 0) is 0 Å². The summed E-state index contributed by atoms with van der Waals surface area (Å²) in [5, 5.41) is 13.0. The number of hydrogen-bond acceptors (Lipinski definition) is 3. The Kier molecular flexibility index (Phi) is 5.62. The molecule has 0 unspecified atom stereocenters. The first-order valence-electron chi connectivity index (χ1n) is 7.86. The number of hydrogen-bond donors (Lipinski definition) is 2. The van der Waals surface area contributed by atoms with Crippen LogP contribution in [0.5, 0.6) is 5.75 Å². The minimum atomic E-state index is -0.709. The lowest BCUT2D eigenvalue weighted by molar-refractivity contribution is 0.0449. The summed E-state index contributed by atoms with van der Waals surface area (Å²) >= 11 is 0. The second kappa shape index (κ2) is 7.46. The molecule has 0 aromatic heterocycles. The molecule has 0 radical (unpaired) electrons.